The van der Waals surface area contributed by atoms with Gasteiger partial charge in [-0.3, -0.25) is 8.12 Å². The third-order valence-electron chi connectivity index (χ3n) is 1.98. The fourth-order valence-corrected chi connectivity index (χ4v) is 2.02. The summed E-state index contributed by atoms with van der Waals surface area (Å²) in [4.78, 5) is 0. The summed E-state index contributed by atoms with van der Waals surface area (Å²) >= 11 is 1.38. The summed E-state index contributed by atoms with van der Waals surface area (Å²) in [7, 11) is 0. The van der Waals surface area contributed by atoms with Gasteiger partial charge in [0.1, 0.15) is 6.34 Å². The lowest BCUT2D eigenvalue weighted by atomic mass is 10.2. The smallest absolute Gasteiger partial charge is 0.274 e. The van der Waals surface area contributed by atoms with E-state index >= 15 is 0 Å². The fourth-order valence-electron chi connectivity index (χ4n) is 1.27. The minimum atomic E-state index is -5.58. The van der Waals surface area contributed by atoms with Crippen LogP contribution in [0.3, 0.4) is 0 Å². The van der Waals surface area contributed by atoms with Crippen LogP contribution < -0.4 is 0 Å². The summed E-state index contributed by atoms with van der Waals surface area (Å²) in [6.45, 7) is 1.72. The molecule has 0 N–H and O–H groups in total. The summed E-state index contributed by atoms with van der Waals surface area (Å²) in [5, 5.41) is 4.26. The zero-order valence-electron chi connectivity index (χ0n) is 8.18. The van der Waals surface area contributed by atoms with Crippen molar-refractivity contribution in [2.75, 3.05) is 6.54 Å². The van der Waals surface area contributed by atoms with Gasteiger partial charge in [-0.05, 0) is 6.42 Å². The van der Waals surface area contributed by atoms with E-state index in [2.05, 4.69) is 5.10 Å². The van der Waals surface area contributed by atoms with Crippen molar-refractivity contribution < 1.29 is 22.0 Å². The number of rotatable bonds is 3. The first-order chi connectivity index (χ1) is 7.21. The second-order valence-corrected chi connectivity index (χ2v) is 4.35. The Hall–Kier alpha value is -0.350. The second kappa shape index (κ2) is 4.49. The van der Waals surface area contributed by atoms with Crippen LogP contribution in [0.1, 0.15) is 13.3 Å². The quantitative estimate of drug-likeness (QED) is 0.440. The Labute approximate surface area is 103 Å². The van der Waals surface area contributed by atoms with Crippen molar-refractivity contribution in [1.29, 1.82) is 0 Å². The van der Waals surface area contributed by atoms with Gasteiger partial charge in [0, 0.05) is 6.54 Å². The Morgan fingerprint density at radius 3 is 2.31 bits per heavy atom. The average molecular weight is 357 g/mol. The van der Waals surface area contributed by atoms with Gasteiger partial charge in [0.25, 0.3) is 0 Å². The van der Waals surface area contributed by atoms with Crippen molar-refractivity contribution in [2.24, 2.45) is 5.10 Å². The van der Waals surface area contributed by atoms with Gasteiger partial charge in [-0.1, -0.05) is 6.92 Å². The fraction of sp³-hybridized carbons (Fsp3) is 0.857. The van der Waals surface area contributed by atoms with E-state index in [1.54, 1.807) is 6.92 Å². The molecule has 1 aliphatic heterocycles. The van der Waals surface area contributed by atoms with Gasteiger partial charge < -0.3 is 0 Å². The van der Waals surface area contributed by atoms with Crippen LogP contribution in [0.4, 0.5) is 22.0 Å². The van der Waals surface area contributed by atoms with Crippen molar-refractivity contribution in [3.63, 3.8) is 0 Å². The summed E-state index contributed by atoms with van der Waals surface area (Å²) in [5.41, 5.74) is 0. The molecule has 1 unspecified atom stereocenters. The maximum Gasteiger partial charge on any atom is 0.457 e. The van der Waals surface area contributed by atoms with E-state index in [9.17, 15) is 22.0 Å². The molecule has 9 heteroatoms. The van der Waals surface area contributed by atoms with Crippen molar-refractivity contribution >= 4 is 29.2 Å². The summed E-state index contributed by atoms with van der Waals surface area (Å²) in [6, 6.07) is 0. The minimum Gasteiger partial charge on any atom is -0.274 e. The largest absolute Gasteiger partial charge is 0.457 e. The molecule has 16 heavy (non-hydrogen) atoms. The van der Waals surface area contributed by atoms with E-state index in [4.69, 9.17) is 0 Å². The van der Waals surface area contributed by atoms with Crippen LogP contribution in [-0.4, -0.2) is 39.3 Å². The van der Waals surface area contributed by atoms with Gasteiger partial charge in [0.15, 0.2) is 0 Å². The van der Waals surface area contributed by atoms with Gasteiger partial charge in [-0.25, -0.2) is 0 Å². The van der Waals surface area contributed by atoms with Gasteiger partial charge in [-0.15, -0.1) is 0 Å². The predicted molar refractivity (Wildman–Crippen MR) is 56.1 cm³/mol. The molecule has 94 valence electrons. The molecule has 0 fully saturated rings. The molecular formula is C7H9F5IN3. The minimum absolute atomic E-state index is 0.0480. The number of hydrogen-bond acceptors (Lipinski definition) is 3. The summed E-state index contributed by atoms with van der Waals surface area (Å²) in [6.07, 6.45) is -6.29. The third kappa shape index (κ3) is 2.33. The molecule has 0 saturated heterocycles. The van der Waals surface area contributed by atoms with Crippen LogP contribution >= 0.6 is 22.9 Å². The molecule has 0 bridgehead atoms. The number of nitrogens with zero attached hydrogens (tertiary/aromatic N) is 3. The monoisotopic (exact) mass is 357 g/mol. The molecule has 1 heterocycles. The molecule has 0 aromatic rings. The number of hydrogen-bond donors (Lipinski definition) is 0. The summed E-state index contributed by atoms with van der Waals surface area (Å²) < 4.78 is 63.7. The lowest BCUT2D eigenvalue weighted by Crippen LogP contribution is -2.56. The molecule has 1 rings (SSSR count). The molecule has 0 radical (unpaired) electrons. The highest BCUT2D eigenvalue weighted by Crippen LogP contribution is 2.43. The van der Waals surface area contributed by atoms with Crippen molar-refractivity contribution in [2.45, 2.75) is 31.6 Å². The Kier molecular flexibility index (Phi) is 3.85. The van der Waals surface area contributed by atoms with E-state index in [-0.39, 0.29) is 6.54 Å². The van der Waals surface area contributed by atoms with E-state index in [1.807, 2.05) is 0 Å². The number of alkyl halides is 5. The number of halogens is 6. The lowest BCUT2D eigenvalue weighted by molar-refractivity contribution is -0.308. The topological polar surface area (TPSA) is 18.8 Å². The van der Waals surface area contributed by atoms with Crippen LogP contribution in [-0.2, 0) is 0 Å². The van der Waals surface area contributed by atoms with Crippen LogP contribution in [0.25, 0.3) is 0 Å². The second-order valence-electron chi connectivity index (χ2n) is 3.23. The highest BCUT2D eigenvalue weighted by atomic mass is 127. The first-order valence-corrected chi connectivity index (χ1v) is 5.37. The van der Waals surface area contributed by atoms with Gasteiger partial charge in [0.05, 0.1) is 22.9 Å². The molecule has 1 atom stereocenters. The molecule has 0 spiro atoms. The first kappa shape index (κ1) is 13.7. The maximum absolute atomic E-state index is 13.2. The molecule has 0 amide bonds. The zero-order valence-corrected chi connectivity index (χ0v) is 10.3. The SMILES string of the molecule is CCCN1N=CN(I)C1C(F)(F)C(F)(F)F. The Morgan fingerprint density at radius 2 is 1.88 bits per heavy atom. The van der Waals surface area contributed by atoms with Crippen LogP contribution in [0, 0.1) is 0 Å². The van der Waals surface area contributed by atoms with Crippen molar-refractivity contribution in [3.8, 4) is 0 Å². The van der Waals surface area contributed by atoms with Gasteiger partial charge in [-0.2, -0.15) is 27.1 Å². The van der Waals surface area contributed by atoms with Crippen LogP contribution in [0.15, 0.2) is 5.10 Å². The third-order valence-corrected chi connectivity index (χ3v) is 2.76. The van der Waals surface area contributed by atoms with Crippen LogP contribution in [0.2, 0.25) is 0 Å². The highest BCUT2D eigenvalue weighted by Gasteiger charge is 2.66. The Morgan fingerprint density at radius 1 is 1.31 bits per heavy atom. The zero-order chi connectivity index (χ0) is 12.6. The molecule has 3 nitrogen and oxygen atoms in total. The van der Waals surface area contributed by atoms with E-state index in [0.29, 0.717) is 6.42 Å². The van der Waals surface area contributed by atoms with Crippen molar-refractivity contribution in [1.82, 2.24) is 8.12 Å². The molecule has 0 aromatic heterocycles. The molecule has 0 saturated carbocycles. The van der Waals surface area contributed by atoms with E-state index in [0.717, 1.165) is 14.5 Å². The standard InChI is InChI=1S/C7H9F5IN3/c1-2-3-16-5(15(13)4-14-16)6(8,9)7(10,11)12/h4-5H,2-3H2,1H3. The molecular weight excluding hydrogens is 348 g/mol. The van der Waals surface area contributed by atoms with Crippen LogP contribution in [0.5, 0.6) is 0 Å². The Balaban J connectivity index is 2.93. The first-order valence-electron chi connectivity index (χ1n) is 4.41. The average Bonchev–Trinajstić information content (AvgIpc) is 2.46. The highest BCUT2D eigenvalue weighted by molar-refractivity contribution is 14.1. The molecule has 0 aromatic carbocycles. The predicted octanol–water partition coefficient (Wildman–Crippen LogP) is 2.83. The van der Waals surface area contributed by atoms with Gasteiger partial charge >= 0.3 is 12.1 Å². The number of hydrazone groups is 1. The normalized spacial score (nSPS) is 22.1. The van der Waals surface area contributed by atoms with E-state index < -0.39 is 18.3 Å². The van der Waals surface area contributed by atoms with E-state index in [1.165, 1.54) is 22.9 Å². The maximum atomic E-state index is 13.2. The lowest BCUT2D eigenvalue weighted by Gasteiger charge is -2.33. The summed E-state index contributed by atoms with van der Waals surface area (Å²) in [5.74, 6) is -4.82. The Bertz CT molecular complexity index is 280. The molecule has 1 aliphatic rings. The van der Waals surface area contributed by atoms with Crippen molar-refractivity contribution in [3.05, 3.63) is 0 Å². The van der Waals surface area contributed by atoms with Gasteiger partial charge in [0.2, 0.25) is 6.17 Å². The molecule has 0 aliphatic carbocycles.